The van der Waals surface area contributed by atoms with E-state index in [1.54, 1.807) is 12.1 Å². The number of nitrogens with zero attached hydrogens (tertiary/aromatic N) is 2. The summed E-state index contributed by atoms with van der Waals surface area (Å²) in [5.41, 5.74) is 1.67. The molecule has 0 saturated carbocycles. The second-order valence-electron chi connectivity index (χ2n) is 10.8. The fraction of sp³-hybridized carbons (Fsp3) is 0.357. The van der Waals surface area contributed by atoms with Gasteiger partial charge >= 0.3 is 0 Å². The van der Waals surface area contributed by atoms with Crippen molar-refractivity contribution in [1.82, 2.24) is 0 Å². The van der Waals surface area contributed by atoms with Crippen molar-refractivity contribution in [3.8, 4) is 11.5 Å². The summed E-state index contributed by atoms with van der Waals surface area (Å²) >= 11 is 0. The zero-order valence-corrected chi connectivity index (χ0v) is 21.5. The van der Waals surface area contributed by atoms with Gasteiger partial charge in [-0.15, -0.1) is 0 Å². The number of ether oxygens (including phenoxy) is 2. The molecule has 8 nitrogen and oxygen atoms in total. The fourth-order valence-electron chi connectivity index (χ4n) is 3.68. The third kappa shape index (κ3) is 6.59. The first-order valence-electron chi connectivity index (χ1n) is 11.7. The zero-order chi connectivity index (χ0) is 26.7. The van der Waals surface area contributed by atoms with Crippen molar-refractivity contribution in [1.29, 1.82) is 0 Å². The average Bonchev–Trinajstić information content (AvgIpc) is 2.80. The van der Waals surface area contributed by atoms with Crippen molar-refractivity contribution in [2.45, 2.75) is 65.6 Å². The van der Waals surface area contributed by atoms with E-state index in [2.05, 4.69) is 41.5 Å². The van der Waals surface area contributed by atoms with Crippen LogP contribution in [0.5, 0.6) is 11.5 Å². The van der Waals surface area contributed by atoms with Crippen LogP contribution < -0.4 is 9.47 Å². The van der Waals surface area contributed by atoms with Crippen molar-refractivity contribution < 1.29 is 19.3 Å². The summed E-state index contributed by atoms with van der Waals surface area (Å²) in [6, 6.07) is 17.5. The Balaban J connectivity index is 1.82. The maximum absolute atomic E-state index is 11.8. The molecule has 0 unspecified atom stereocenters. The molecule has 8 heteroatoms. The van der Waals surface area contributed by atoms with E-state index >= 15 is 0 Å². The Morgan fingerprint density at radius 1 is 0.639 bits per heavy atom. The largest absolute Gasteiger partial charge is 0.489 e. The Kier molecular flexibility index (Phi) is 7.67. The van der Waals surface area contributed by atoms with E-state index in [0.29, 0.717) is 17.1 Å². The van der Waals surface area contributed by atoms with Gasteiger partial charge in [-0.3, -0.25) is 20.2 Å². The van der Waals surface area contributed by atoms with Crippen molar-refractivity contribution in [3.63, 3.8) is 0 Å². The minimum Gasteiger partial charge on any atom is -0.489 e. The first kappa shape index (κ1) is 26.7. The van der Waals surface area contributed by atoms with Crippen molar-refractivity contribution in [2.75, 3.05) is 0 Å². The van der Waals surface area contributed by atoms with Crippen LogP contribution in [0.3, 0.4) is 0 Å². The van der Waals surface area contributed by atoms with Gasteiger partial charge in [-0.05, 0) is 46.2 Å². The molecule has 0 aliphatic rings. The van der Waals surface area contributed by atoms with E-state index in [9.17, 15) is 20.2 Å². The molecule has 0 amide bonds. The van der Waals surface area contributed by atoms with Gasteiger partial charge in [0.1, 0.15) is 30.3 Å². The Morgan fingerprint density at radius 3 is 1.33 bits per heavy atom. The van der Waals surface area contributed by atoms with E-state index in [1.165, 1.54) is 12.1 Å². The highest BCUT2D eigenvalue weighted by Crippen LogP contribution is 2.33. The Bertz CT molecular complexity index is 1200. The molecular formula is C28H32N2O6. The molecule has 0 atom stereocenters. The molecule has 36 heavy (non-hydrogen) atoms. The van der Waals surface area contributed by atoms with E-state index in [0.717, 1.165) is 11.1 Å². The highest BCUT2D eigenvalue weighted by atomic mass is 16.6. The van der Waals surface area contributed by atoms with E-state index < -0.39 is 9.85 Å². The molecule has 0 aliphatic carbocycles. The number of rotatable bonds is 8. The third-order valence-corrected chi connectivity index (χ3v) is 5.89. The zero-order valence-electron chi connectivity index (χ0n) is 21.5. The number of hydrogen-bond acceptors (Lipinski definition) is 6. The molecule has 3 aromatic rings. The minimum atomic E-state index is -0.629. The molecule has 190 valence electrons. The van der Waals surface area contributed by atoms with Gasteiger partial charge in [-0.1, -0.05) is 65.8 Å². The maximum atomic E-state index is 11.8. The van der Waals surface area contributed by atoms with Gasteiger partial charge in [-0.25, -0.2) is 0 Å². The topological polar surface area (TPSA) is 105 Å². The Hall–Kier alpha value is -3.94. The predicted molar refractivity (Wildman–Crippen MR) is 139 cm³/mol. The second-order valence-corrected chi connectivity index (χ2v) is 10.8. The predicted octanol–water partition coefficient (Wildman–Crippen LogP) is 7.26. The fourth-order valence-corrected chi connectivity index (χ4v) is 3.68. The summed E-state index contributed by atoms with van der Waals surface area (Å²) in [6.07, 6.45) is 0. The number of hydrogen-bond donors (Lipinski definition) is 0. The molecule has 3 rings (SSSR count). The highest BCUT2D eigenvalue weighted by Gasteiger charge is 2.27. The molecule has 0 spiro atoms. The van der Waals surface area contributed by atoms with Gasteiger partial charge < -0.3 is 9.47 Å². The van der Waals surface area contributed by atoms with Crippen molar-refractivity contribution in [2.24, 2.45) is 0 Å². The highest BCUT2D eigenvalue weighted by molar-refractivity contribution is 5.56. The number of nitro groups is 2. The average molecular weight is 493 g/mol. The van der Waals surface area contributed by atoms with E-state index in [4.69, 9.17) is 9.47 Å². The van der Waals surface area contributed by atoms with Crippen LogP contribution in [0, 0.1) is 20.2 Å². The second kappa shape index (κ2) is 10.4. The Morgan fingerprint density at radius 2 is 1.00 bits per heavy atom. The molecule has 0 aromatic heterocycles. The molecule has 0 saturated heterocycles. The van der Waals surface area contributed by atoms with Gasteiger partial charge in [0.15, 0.2) is 0 Å². The van der Waals surface area contributed by atoms with Crippen molar-refractivity contribution in [3.05, 3.63) is 103 Å². The smallest absolute Gasteiger partial charge is 0.283 e. The summed E-state index contributed by atoms with van der Waals surface area (Å²) in [6.45, 7) is 12.2. The summed E-state index contributed by atoms with van der Waals surface area (Å²) in [4.78, 5) is 22.4. The molecule has 0 fully saturated rings. The van der Waals surface area contributed by atoms with Crippen LogP contribution in [0.1, 0.15) is 63.8 Å². The van der Waals surface area contributed by atoms with Crippen LogP contribution >= 0.6 is 0 Å². The summed E-state index contributed by atoms with van der Waals surface area (Å²) in [5, 5.41) is 23.6. The van der Waals surface area contributed by atoms with Crippen LogP contribution in [0.25, 0.3) is 0 Å². The van der Waals surface area contributed by atoms with Gasteiger partial charge in [0.2, 0.25) is 0 Å². The van der Waals surface area contributed by atoms with Gasteiger partial charge in [0, 0.05) is 17.7 Å². The normalized spacial score (nSPS) is 11.7. The van der Waals surface area contributed by atoms with E-state index in [1.807, 2.05) is 36.4 Å². The lowest BCUT2D eigenvalue weighted by molar-refractivity contribution is -0.396. The van der Waals surface area contributed by atoms with Crippen LogP contribution in [-0.4, -0.2) is 9.85 Å². The van der Waals surface area contributed by atoms with Gasteiger partial charge in [0.05, 0.1) is 9.85 Å². The number of benzene rings is 3. The lowest BCUT2D eigenvalue weighted by Gasteiger charge is -2.19. The van der Waals surface area contributed by atoms with Crippen LogP contribution in [0.2, 0.25) is 0 Å². The van der Waals surface area contributed by atoms with Gasteiger partial charge in [0.25, 0.3) is 11.4 Å². The third-order valence-electron chi connectivity index (χ3n) is 5.89. The molecular weight excluding hydrogens is 460 g/mol. The lowest BCUT2D eigenvalue weighted by Crippen LogP contribution is -2.11. The molecule has 0 aliphatic heterocycles. The lowest BCUT2D eigenvalue weighted by atomic mass is 9.87. The quantitative estimate of drug-likeness (QED) is 0.242. The SMILES string of the molecule is CC(C)(C)c1ccc(OCc2cc([N+](=O)[O-])c(COc3ccc(C(C)(C)C)cc3)c([N+](=O)[O-])c2)cc1. The molecule has 0 bridgehead atoms. The monoisotopic (exact) mass is 492 g/mol. The molecule has 3 aromatic carbocycles. The molecule has 0 radical (unpaired) electrons. The van der Waals surface area contributed by atoms with E-state index in [-0.39, 0.29) is 41.0 Å². The Labute approximate surface area is 211 Å². The van der Waals surface area contributed by atoms with Crippen molar-refractivity contribution >= 4 is 11.4 Å². The summed E-state index contributed by atoms with van der Waals surface area (Å²) < 4.78 is 11.5. The first-order chi connectivity index (χ1) is 16.8. The minimum absolute atomic E-state index is 0.00765. The van der Waals surface area contributed by atoms with Crippen LogP contribution in [0.15, 0.2) is 60.7 Å². The first-order valence-corrected chi connectivity index (χ1v) is 11.7. The van der Waals surface area contributed by atoms with Crippen LogP contribution in [0.4, 0.5) is 11.4 Å². The standard InChI is InChI=1S/C28H32N2O6/c1-27(2,3)20-7-11-22(12-8-20)35-17-19-15-25(29(31)32)24(26(16-19)30(33)34)18-36-23-13-9-21(10-14-23)28(4,5)6/h7-16H,17-18H2,1-6H3. The summed E-state index contributed by atoms with van der Waals surface area (Å²) in [5.74, 6) is 1.04. The van der Waals surface area contributed by atoms with Gasteiger partial charge in [-0.2, -0.15) is 0 Å². The maximum Gasteiger partial charge on any atom is 0.283 e. The number of nitro benzene ring substituents is 2. The molecule has 0 N–H and O–H groups in total. The summed E-state index contributed by atoms with van der Waals surface area (Å²) in [7, 11) is 0. The van der Waals surface area contributed by atoms with Crippen LogP contribution in [-0.2, 0) is 24.0 Å². The molecule has 0 heterocycles.